The van der Waals surface area contributed by atoms with Gasteiger partial charge in [-0.1, -0.05) is 24.3 Å². The first kappa shape index (κ1) is 25.3. The number of ether oxygens (including phenoxy) is 4. The highest BCUT2D eigenvalue weighted by Gasteiger charge is 2.45. The molecule has 9 heteroatoms. The molecule has 0 radical (unpaired) electrons. The van der Waals surface area contributed by atoms with Gasteiger partial charge in [0.05, 0.1) is 30.1 Å². The molecule has 1 atom stereocenters. The second-order valence-electron chi connectivity index (χ2n) is 11.3. The molecule has 0 spiro atoms. The summed E-state index contributed by atoms with van der Waals surface area (Å²) in [6, 6.07) is 10.4. The Morgan fingerprint density at radius 2 is 1.82 bits per heavy atom. The maximum Gasteiger partial charge on any atom is 0.342 e. The number of hydrogen-bond donors (Lipinski definition) is 0. The first-order valence-electron chi connectivity index (χ1n) is 13.5. The van der Waals surface area contributed by atoms with E-state index in [1.165, 1.54) is 11.1 Å². The topological polar surface area (TPSA) is 87.4 Å². The first-order valence-corrected chi connectivity index (χ1v) is 13.5. The lowest BCUT2D eigenvalue weighted by atomic mass is 9.92. The Hall–Kier alpha value is -3.01. The van der Waals surface area contributed by atoms with Crippen LogP contribution in [0.2, 0.25) is 0 Å². The van der Waals surface area contributed by atoms with Crippen molar-refractivity contribution in [3.8, 4) is 0 Å². The third-order valence-corrected chi connectivity index (χ3v) is 7.87. The molecule has 7 rings (SSSR count). The van der Waals surface area contributed by atoms with Crippen molar-refractivity contribution in [3.05, 3.63) is 58.4 Å². The summed E-state index contributed by atoms with van der Waals surface area (Å²) in [5.74, 6) is -0.575. The predicted octanol–water partition coefficient (Wildman–Crippen LogP) is 4.43. The number of carbonyl (C=O) groups is 1. The fraction of sp³-hybridized carbons (Fsp3) is 0.552. The lowest BCUT2D eigenvalue weighted by Crippen LogP contribution is -2.45. The van der Waals surface area contributed by atoms with Crippen LogP contribution in [0.4, 0.5) is 5.82 Å². The highest BCUT2D eigenvalue weighted by atomic mass is 16.8. The summed E-state index contributed by atoms with van der Waals surface area (Å²) >= 11 is 0. The van der Waals surface area contributed by atoms with Gasteiger partial charge in [-0.3, -0.25) is 0 Å². The highest BCUT2D eigenvalue weighted by Crippen LogP contribution is 2.41. The number of piperidine rings is 1. The fourth-order valence-electron chi connectivity index (χ4n) is 5.80. The SMILES string of the molecule is Cc1nc2cc3nn2c(c1[C@@H]1OC(C)(C)OC1=O)N1CCC(C)(CC1)OCCCc1ccccc1COC3. The van der Waals surface area contributed by atoms with Crippen molar-refractivity contribution in [1.29, 1.82) is 0 Å². The van der Waals surface area contributed by atoms with E-state index in [2.05, 4.69) is 36.1 Å². The Bertz CT molecular complexity index is 1360. The van der Waals surface area contributed by atoms with E-state index in [0.29, 0.717) is 25.4 Å². The molecule has 2 aromatic heterocycles. The number of aromatic nitrogens is 3. The minimum Gasteiger partial charge on any atom is -0.431 e. The van der Waals surface area contributed by atoms with Crippen LogP contribution in [0.5, 0.6) is 0 Å². The third kappa shape index (κ3) is 4.79. The summed E-state index contributed by atoms with van der Waals surface area (Å²) in [7, 11) is 0. The quantitative estimate of drug-likeness (QED) is 0.436. The van der Waals surface area contributed by atoms with Crippen molar-refractivity contribution in [1.82, 2.24) is 14.6 Å². The number of aryl methyl sites for hydroxylation is 2. The van der Waals surface area contributed by atoms with Gasteiger partial charge < -0.3 is 23.8 Å². The number of benzene rings is 1. The first-order chi connectivity index (χ1) is 18.2. The van der Waals surface area contributed by atoms with Crippen LogP contribution in [-0.4, -0.2) is 51.7 Å². The molecule has 2 saturated heterocycles. The molecule has 202 valence electrons. The Morgan fingerprint density at radius 3 is 2.55 bits per heavy atom. The van der Waals surface area contributed by atoms with Crippen LogP contribution in [0.15, 0.2) is 30.3 Å². The van der Waals surface area contributed by atoms with Gasteiger partial charge in [0.25, 0.3) is 0 Å². The van der Waals surface area contributed by atoms with E-state index in [-0.39, 0.29) is 5.60 Å². The summed E-state index contributed by atoms with van der Waals surface area (Å²) in [6.07, 6.45) is 2.79. The van der Waals surface area contributed by atoms with Gasteiger partial charge in [0.1, 0.15) is 5.82 Å². The molecule has 0 aliphatic carbocycles. The molecule has 0 unspecified atom stereocenters. The molecule has 4 aliphatic rings. The Morgan fingerprint density at radius 1 is 1.05 bits per heavy atom. The minimum atomic E-state index is -1.000. The van der Waals surface area contributed by atoms with E-state index >= 15 is 0 Å². The Balaban J connectivity index is 1.42. The molecular weight excluding hydrogens is 484 g/mol. The number of nitrogens with zero attached hydrogens (tertiary/aromatic N) is 4. The molecule has 0 N–H and O–H groups in total. The smallest absolute Gasteiger partial charge is 0.342 e. The molecule has 3 aromatic rings. The number of esters is 1. The van der Waals surface area contributed by atoms with Crippen molar-refractivity contribution < 1.29 is 23.7 Å². The lowest BCUT2D eigenvalue weighted by Gasteiger charge is -2.41. The van der Waals surface area contributed by atoms with Gasteiger partial charge >= 0.3 is 5.97 Å². The maximum atomic E-state index is 13.0. The van der Waals surface area contributed by atoms with E-state index < -0.39 is 17.9 Å². The van der Waals surface area contributed by atoms with Crippen molar-refractivity contribution in [3.63, 3.8) is 0 Å². The van der Waals surface area contributed by atoms with Crippen LogP contribution in [0, 0.1) is 6.92 Å². The van der Waals surface area contributed by atoms with Crippen molar-refractivity contribution >= 4 is 17.4 Å². The summed E-state index contributed by atoms with van der Waals surface area (Å²) in [4.78, 5) is 20.1. The van der Waals surface area contributed by atoms with Crippen LogP contribution in [0.1, 0.15) is 74.2 Å². The number of anilines is 1. The maximum absolute atomic E-state index is 13.0. The summed E-state index contributed by atoms with van der Waals surface area (Å²) in [6.45, 7) is 10.8. The molecule has 0 amide bonds. The van der Waals surface area contributed by atoms with Crippen LogP contribution < -0.4 is 4.90 Å². The molecule has 38 heavy (non-hydrogen) atoms. The van der Waals surface area contributed by atoms with E-state index in [0.717, 1.165) is 61.6 Å². The van der Waals surface area contributed by atoms with Gasteiger partial charge in [0.2, 0.25) is 5.79 Å². The van der Waals surface area contributed by atoms with Gasteiger partial charge in [-0.25, -0.2) is 9.78 Å². The van der Waals surface area contributed by atoms with Crippen LogP contribution in [0.3, 0.4) is 0 Å². The average molecular weight is 521 g/mol. The molecule has 0 saturated carbocycles. The average Bonchev–Trinajstić information content (AvgIpc) is 3.40. The molecular formula is C29H36N4O5. The molecule has 9 nitrogen and oxygen atoms in total. The number of carbonyl (C=O) groups excluding carboxylic acids is 1. The largest absolute Gasteiger partial charge is 0.431 e. The van der Waals surface area contributed by atoms with Crippen LogP contribution >= 0.6 is 0 Å². The molecule has 4 aliphatic heterocycles. The number of rotatable bonds is 1. The molecule has 6 heterocycles. The fourth-order valence-corrected chi connectivity index (χ4v) is 5.80. The summed E-state index contributed by atoms with van der Waals surface area (Å²) in [5, 5.41) is 4.91. The van der Waals surface area contributed by atoms with Crippen molar-refractivity contribution in [2.75, 3.05) is 24.6 Å². The third-order valence-electron chi connectivity index (χ3n) is 7.87. The van der Waals surface area contributed by atoms with E-state index in [4.69, 9.17) is 29.0 Å². The molecule has 2 fully saturated rings. The number of hydrogen-bond acceptors (Lipinski definition) is 8. The molecule has 1 aromatic carbocycles. The molecule has 4 bridgehead atoms. The lowest BCUT2D eigenvalue weighted by molar-refractivity contribution is -0.160. The van der Waals surface area contributed by atoms with Gasteiger partial charge in [-0.05, 0) is 50.7 Å². The van der Waals surface area contributed by atoms with E-state index in [9.17, 15) is 4.79 Å². The zero-order valence-electron chi connectivity index (χ0n) is 22.7. The van der Waals surface area contributed by atoms with Gasteiger partial charge in [0, 0.05) is 45.3 Å². The Labute approximate surface area is 223 Å². The van der Waals surface area contributed by atoms with Gasteiger partial charge in [0.15, 0.2) is 11.8 Å². The normalized spacial score (nSPS) is 23.4. The zero-order valence-corrected chi connectivity index (χ0v) is 22.7. The summed E-state index contributed by atoms with van der Waals surface area (Å²) in [5.41, 5.74) is 5.23. The van der Waals surface area contributed by atoms with Gasteiger partial charge in [-0.15, -0.1) is 0 Å². The van der Waals surface area contributed by atoms with Crippen LogP contribution in [0.25, 0.3) is 5.65 Å². The van der Waals surface area contributed by atoms with Gasteiger partial charge in [-0.2, -0.15) is 9.61 Å². The van der Waals surface area contributed by atoms with Crippen molar-refractivity contribution in [2.24, 2.45) is 0 Å². The summed E-state index contributed by atoms with van der Waals surface area (Å²) < 4.78 is 26.1. The van der Waals surface area contributed by atoms with Crippen molar-refractivity contribution in [2.45, 2.75) is 84.1 Å². The van der Waals surface area contributed by atoms with E-state index in [1.807, 2.05) is 17.5 Å². The van der Waals surface area contributed by atoms with E-state index in [1.54, 1.807) is 13.8 Å². The monoisotopic (exact) mass is 520 g/mol. The number of fused-ring (bicyclic) bond motifs is 7. The highest BCUT2D eigenvalue weighted by molar-refractivity contribution is 5.81. The Kier molecular flexibility index (Phi) is 6.40. The zero-order chi connectivity index (χ0) is 26.5. The predicted molar refractivity (Wildman–Crippen MR) is 141 cm³/mol. The standard InChI is InChI=1S/C29H36N4O5/c1-19-24(25-27(34)38-28(2,3)37-25)26-32-13-11-29(4,12-14-32)36-15-7-10-20-8-5-6-9-21(20)17-35-18-22-16-23(30-19)33(26)31-22/h5-6,8-9,16,25H,7,10-15,17-18H2,1-4H3/t25-/m0/s1. The second-order valence-corrected chi connectivity index (χ2v) is 11.3. The number of cyclic esters (lactones) is 1. The second kappa shape index (κ2) is 9.63. The van der Waals surface area contributed by atoms with Crippen LogP contribution in [-0.2, 0) is 43.4 Å². The minimum absolute atomic E-state index is 0.200.